The van der Waals surface area contributed by atoms with E-state index in [0.717, 1.165) is 43.9 Å². The van der Waals surface area contributed by atoms with Gasteiger partial charge in [-0.1, -0.05) is 5.16 Å². The number of piperidine rings is 1. The molecular weight excluding hydrogens is 232 g/mol. The van der Waals surface area contributed by atoms with Gasteiger partial charge in [-0.3, -0.25) is 4.90 Å². The molecule has 2 rings (SSSR count). The summed E-state index contributed by atoms with van der Waals surface area (Å²) in [5, 5.41) is 13.6. The van der Waals surface area contributed by atoms with Gasteiger partial charge in [0.2, 0.25) is 0 Å². The maximum Gasteiger partial charge on any atom is 0.162 e. The lowest BCUT2D eigenvalue weighted by Gasteiger charge is -2.32. The van der Waals surface area contributed by atoms with Crippen molar-refractivity contribution in [3.05, 3.63) is 17.5 Å². The normalized spacial score (nSPS) is 20.2. The van der Waals surface area contributed by atoms with E-state index >= 15 is 0 Å². The van der Waals surface area contributed by atoms with Crippen LogP contribution in [0.3, 0.4) is 0 Å². The van der Waals surface area contributed by atoms with Crippen molar-refractivity contribution < 1.29 is 14.4 Å². The molecule has 1 fully saturated rings. The number of rotatable bonds is 5. The maximum atomic E-state index is 9.56. The van der Waals surface area contributed by atoms with E-state index < -0.39 is 0 Å². The van der Waals surface area contributed by atoms with E-state index in [-0.39, 0.29) is 6.10 Å². The number of likely N-dealkylation sites (tertiary alicyclic amines) is 1. The lowest BCUT2D eigenvalue weighted by Crippen LogP contribution is -2.36. The highest BCUT2D eigenvalue weighted by molar-refractivity contribution is 5.04. The first-order chi connectivity index (χ1) is 8.69. The van der Waals surface area contributed by atoms with Crippen molar-refractivity contribution in [2.45, 2.75) is 39.0 Å². The van der Waals surface area contributed by atoms with Crippen LogP contribution in [-0.4, -0.2) is 41.5 Å². The van der Waals surface area contributed by atoms with Crippen LogP contribution in [0.25, 0.3) is 0 Å². The summed E-state index contributed by atoms with van der Waals surface area (Å²) in [5.41, 5.74) is 0.956. The van der Waals surface area contributed by atoms with Gasteiger partial charge in [-0.05, 0) is 38.8 Å². The van der Waals surface area contributed by atoms with Crippen molar-refractivity contribution in [3.8, 4) is 0 Å². The second-order valence-electron chi connectivity index (χ2n) is 5.07. The molecule has 0 amide bonds. The topological polar surface area (TPSA) is 58.7 Å². The summed E-state index contributed by atoms with van der Waals surface area (Å²) >= 11 is 0. The largest absolute Gasteiger partial charge is 0.393 e. The van der Waals surface area contributed by atoms with Crippen LogP contribution in [0.15, 0.2) is 10.6 Å². The van der Waals surface area contributed by atoms with Crippen molar-refractivity contribution in [2.24, 2.45) is 5.92 Å². The Labute approximate surface area is 108 Å². The number of aliphatic hydroxyl groups excluding tert-OH is 1. The minimum Gasteiger partial charge on any atom is -0.393 e. The molecule has 1 saturated heterocycles. The van der Waals surface area contributed by atoms with Crippen LogP contribution in [0, 0.1) is 5.92 Å². The van der Waals surface area contributed by atoms with Gasteiger partial charge in [0.05, 0.1) is 11.8 Å². The summed E-state index contributed by atoms with van der Waals surface area (Å²) in [5.74, 6) is 1.22. The number of aliphatic hydroxyl groups is 1. The summed E-state index contributed by atoms with van der Waals surface area (Å²) in [6, 6.07) is 1.95. The molecule has 0 radical (unpaired) electrons. The van der Waals surface area contributed by atoms with Crippen LogP contribution < -0.4 is 0 Å². The summed E-state index contributed by atoms with van der Waals surface area (Å²) < 4.78 is 10.2. The van der Waals surface area contributed by atoms with Crippen LogP contribution in [-0.2, 0) is 17.9 Å². The van der Waals surface area contributed by atoms with Gasteiger partial charge in [-0.25, -0.2) is 0 Å². The lowest BCUT2D eigenvalue weighted by atomic mass is 9.92. The Morgan fingerprint density at radius 1 is 1.56 bits per heavy atom. The van der Waals surface area contributed by atoms with Gasteiger partial charge in [0.1, 0.15) is 6.61 Å². The Morgan fingerprint density at radius 2 is 2.28 bits per heavy atom. The molecular formula is C13H22N2O3. The molecule has 1 aliphatic heterocycles. The number of hydrogen-bond donors (Lipinski definition) is 1. The lowest BCUT2D eigenvalue weighted by molar-refractivity contribution is 0.0688. The quantitative estimate of drug-likeness (QED) is 0.861. The fourth-order valence-electron chi connectivity index (χ4n) is 2.46. The molecule has 5 heteroatoms. The third-order valence-corrected chi connectivity index (χ3v) is 3.59. The molecule has 2 heterocycles. The third kappa shape index (κ3) is 3.54. The molecule has 0 aliphatic carbocycles. The van der Waals surface area contributed by atoms with E-state index in [1.807, 2.05) is 13.0 Å². The first-order valence-electron chi connectivity index (χ1n) is 6.53. The summed E-state index contributed by atoms with van der Waals surface area (Å²) in [4.78, 5) is 2.35. The fraction of sp³-hybridized carbons (Fsp3) is 0.769. The number of nitrogens with zero attached hydrogens (tertiary/aromatic N) is 2. The van der Waals surface area contributed by atoms with Crippen LogP contribution in [0.1, 0.15) is 31.2 Å². The van der Waals surface area contributed by atoms with Crippen LogP contribution in [0.4, 0.5) is 0 Å². The number of ether oxygens (including phenoxy) is 1. The van der Waals surface area contributed by atoms with Gasteiger partial charge in [0.15, 0.2) is 5.76 Å². The molecule has 18 heavy (non-hydrogen) atoms. The molecule has 5 nitrogen and oxygen atoms in total. The van der Waals surface area contributed by atoms with Gasteiger partial charge in [0.25, 0.3) is 0 Å². The van der Waals surface area contributed by atoms with E-state index in [9.17, 15) is 5.11 Å². The molecule has 1 atom stereocenters. The summed E-state index contributed by atoms with van der Waals surface area (Å²) in [6.45, 7) is 5.20. The highest BCUT2D eigenvalue weighted by Crippen LogP contribution is 2.21. The number of methoxy groups -OCH3 is 1. The Balaban J connectivity index is 1.80. The average molecular weight is 254 g/mol. The molecule has 1 unspecified atom stereocenters. The summed E-state index contributed by atoms with van der Waals surface area (Å²) in [7, 11) is 1.64. The van der Waals surface area contributed by atoms with Gasteiger partial charge in [-0.15, -0.1) is 0 Å². The van der Waals surface area contributed by atoms with E-state index in [1.54, 1.807) is 7.11 Å². The van der Waals surface area contributed by atoms with Crippen molar-refractivity contribution in [3.63, 3.8) is 0 Å². The monoisotopic (exact) mass is 254 g/mol. The maximum absolute atomic E-state index is 9.56. The predicted molar refractivity (Wildman–Crippen MR) is 66.9 cm³/mol. The zero-order chi connectivity index (χ0) is 13.0. The van der Waals surface area contributed by atoms with E-state index in [4.69, 9.17) is 9.26 Å². The van der Waals surface area contributed by atoms with Gasteiger partial charge in [-0.2, -0.15) is 0 Å². The van der Waals surface area contributed by atoms with Gasteiger partial charge < -0.3 is 14.4 Å². The number of aromatic nitrogens is 1. The van der Waals surface area contributed by atoms with Crippen LogP contribution in [0.5, 0.6) is 0 Å². The first kappa shape index (κ1) is 13.5. The second-order valence-corrected chi connectivity index (χ2v) is 5.07. The van der Waals surface area contributed by atoms with Crippen molar-refractivity contribution in [2.75, 3.05) is 20.2 Å². The summed E-state index contributed by atoms with van der Waals surface area (Å²) in [6.07, 6.45) is 1.92. The van der Waals surface area contributed by atoms with Crippen molar-refractivity contribution in [1.29, 1.82) is 0 Å². The smallest absolute Gasteiger partial charge is 0.162 e. The van der Waals surface area contributed by atoms with E-state index in [2.05, 4.69) is 10.1 Å². The third-order valence-electron chi connectivity index (χ3n) is 3.59. The predicted octanol–water partition coefficient (Wildman–Crippen LogP) is 1.41. The second kappa shape index (κ2) is 6.31. The zero-order valence-corrected chi connectivity index (χ0v) is 11.1. The van der Waals surface area contributed by atoms with Crippen LogP contribution >= 0.6 is 0 Å². The van der Waals surface area contributed by atoms with Crippen molar-refractivity contribution in [1.82, 2.24) is 10.1 Å². The number of hydrogen-bond acceptors (Lipinski definition) is 5. The van der Waals surface area contributed by atoms with Gasteiger partial charge >= 0.3 is 0 Å². The van der Waals surface area contributed by atoms with Gasteiger partial charge in [0, 0.05) is 19.7 Å². The van der Waals surface area contributed by atoms with E-state index in [0.29, 0.717) is 12.5 Å². The highest BCUT2D eigenvalue weighted by Gasteiger charge is 2.23. The molecule has 1 aromatic rings. The Morgan fingerprint density at radius 3 is 2.89 bits per heavy atom. The van der Waals surface area contributed by atoms with E-state index in [1.165, 1.54) is 0 Å². The highest BCUT2D eigenvalue weighted by atomic mass is 16.5. The average Bonchev–Trinajstić information content (AvgIpc) is 2.78. The molecule has 0 saturated carbocycles. The molecule has 1 N–H and O–H groups in total. The molecule has 0 bridgehead atoms. The van der Waals surface area contributed by atoms with Crippen LogP contribution in [0.2, 0.25) is 0 Å². The SMILES string of the molecule is COCc1cc(CN2CCC(C(C)O)CC2)no1. The molecule has 0 spiro atoms. The Kier molecular flexibility index (Phi) is 4.74. The minimum absolute atomic E-state index is 0.187. The first-order valence-corrected chi connectivity index (χ1v) is 6.53. The zero-order valence-electron chi connectivity index (χ0n) is 11.1. The fourth-order valence-corrected chi connectivity index (χ4v) is 2.46. The molecule has 102 valence electrons. The molecule has 1 aliphatic rings. The molecule has 1 aromatic heterocycles. The Hall–Kier alpha value is -0.910. The minimum atomic E-state index is -0.187. The van der Waals surface area contributed by atoms with Crippen molar-refractivity contribution >= 4 is 0 Å². The Bertz CT molecular complexity index is 357. The standard InChI is InChI=1S/C13H22N2O3/c1-10(16)11-3-5-15(6-4-11)8-12-7-13(9-17-2)18-14-12/h7,10-11,16H,3-6,8-9H2,1-2H3. The molecule has 0 aromatic carbocycles.